The first-order valence-electron chi connectivity index (χ1n) is 15.6. The zero-order chi connectivity index (χ0) is 36.4. The van der Waals surface area contributed by atoms with Crippen LogP contribution in [0.3, 0.4) is 0 Å². The predicted octanol–water partition coefficient (Wildman–Crippen LogP) is 5.22. The highest BCUT2D eigenvalue weighted by molar-refractivity contribution is 6.34. The van der Waals surface area contributed by atoms with Gasteiger partial charge in [-0.2, -0.15) is 0 Å². The monoisotopic (exact) mass is 695 g/mol. The number of hydrogen-bond acceptors (Lipinski definition) is 12. The Bertz CT molecular complexity index is 1700. The Hall–Kier alpha value is -4.92. The van der Waals surface area contributed by atoms with E-state index in [1.165, 1.54) is 38.1 Å². The molecule has 2 N–H and O–H groups in total. The molecule has 262 valence electrons. The van der Waals surface area contributed by atoms with Crippen LogP contribution < -0.4 is 15.5 Å². The number of benzene rings is 3. The highest BCUT2D eigenvalue weighted by Gasteiger charge is 2.26. The molecule has 0 bridgehead atoms. The first-order chi connectivity index (χ1) is 23.1. The van der Waals surface area contributed by atoms with Gasteiger partial charge in [0.1, 0.15) is 11.1 Å². The molecule has 0 aromatic heterocycles. The second-order valence-electron chi connectivity index (χ2n) is 11.8. The second kappa shape index (κ2) is 17.5. The van der Waals surface area contributed by atoms with E-state index in [0.29, 0.717) is 16.9 Å². The summed E-state index contributed by atoms with van der Waals surface area (Å²) >= 11 is 5.64. The molecule has 15 heteroatoms. The van der Waals surface area contributed by atoms with Crippen LogP contribution in [0.4, 0.5) is 28.4 Å². The highest BCUT2D eigenvalue weighted by Crippen LogP contribution is 2.31. The van der Waals surface area contributed by atoms with Crippen molar-refractivity contribution in [2.45, 2.75) is 20.8 Å². The lowest BCUT2D eigenvalue weighted by molar-refractivity contribution is -0.385. The van der Waals surface area contributed by atoms with Crippen LogP contribution >= 0.6 is 11.6 Å². The van der Waals surface area contributed by atoms with Crippen molar-refractivity contribution in [3.8, 4) is 0 Å². The number of nitrogens with zero attached hydrogens (tertiary/aromatic N) is 6. The lowest BCUT2D eigenvalue weighted by atomic mass is 10.1. The molecule has 2 aliphatic heterocycles. The topological polar surface area (TPSA) is 176 Å². The van der Waals surface area contributed by atoms with Crippen molar-refractivity contribution in [2.24, 2.45) is 0 Å². The number of likely N-dealkylation sites (N-methyl/N-ethyl adjacent to an activating group) is 2. The van der Waals surface area contributed by atoms with E-state index >= 15 is 0 Å². The summed E-state index contributed by atoms with van der Waals surface area (Å²) in [5.41, 5.74) is 8.62. The standard InChI is InChI=1S/C13H17N3O3.C13H19N3O.C8H6ClNO3/c1-10(17)13-11(4-3-5-12(13)16(18)19)15-8-6-14(2)7-9-15;1-10(17)13-11(14)4-3-5-12(13)16-8-6-15(2)7-9-16;1-5(11)8-6(9)3-2-4-7(8)10(12)13/h3-5H,6-9H2,1-2H3;3-5H,6-9,14H2,1-2H3;2-4H,1H3. The Balaban J connectivity index is 0.000000203. The molecule has 5 rings (SSSR count). The normalized spacial score (nSPS) is 14.9. The van der Waals surface area contributed by atoms with E-state index < -0.39 is 15.6 Å². The molecule has 3 aromatic carbocycles. The number of ketones is 3. The number of carbonyl (C=O) groups excluding carboxylic acids is 3. The van der Waals surface area contributed by atoms with Gasteiger partial charge in [-0.05, 0) is 59.1 Å². The largest absolute Gasteiger partial charge is 0.398 e. The van der Waals surface area contributed by atoms with Crippen molar-refractivity contribution < 1.29 is 24.2 Å². The second-order valence-corrected chi connectivity index (χ2v) is 12.2. The minimum atomic E-state index is -0.622. The van der Waals surface area contributed by atoms with Crippen molar-refractivity contribution >= 4 is 57.4 Å². The lowest BCUT2D eigenvalue weighted by Crippen LogP contribution is -2.45. The summed E-state index contributed by atoms with van der Waals surface area (Å²) in [4.78, 5) is 63.6. The van der Waals surface area contributed by atoms with Crippen molar-refractivity contribution in [3.05, 3.63) is 96.5 Å². The fourth-order valence-corrected chi connectivity index (χ4v) is 5.92. The minimum absolute atomic E-state index is 0.0332. The Morgan fingerprint density at radius 3 is 1.37 bits per heavy atom. The van der Waals surface area contributed by atoms with Crippen LogP contribution in [0.15, 0.2) is 54.6 Å². The van der Waals surface area contributed by atoms with E-state index in [-0.39, 0.29) is 39.1 Å². The maximum absolute atomic E-state index is 11.8. The molecule has 0 radical (unpaired) electrons. The van der Waals surface area contributed by atoms with E-state index in [0.717, 1.165) is 58.0 Å². The first-order valence-corrected chi connectivity index (χ1v) is 16.0. The number of Topliss-reactive ketones (excluding diaryl/α,β-unsaturated/α-hetero) is 3. The fourth-order valence-electron chi connectivity index (χ4n) is 5.62. The molecular formula is C34H42ClN7O7. The quantitative estimate of drug-likeness (QED) is 0.148. The summed E-state index contributed by atoms with van der Waals surface area (Å²) in [5, 5.41) is 21.6. The van der Waals surface area contributed by atoms with Gasteiger partial charge >= 0.3 is 0 Å². The third-order valence-electron chi connectivity index (χ3n) is 8.22. The SMILES string of the molecule is CC(=O)c1c(Cl)cccc1[N+](=O)[O-].CC(=O)c1c(N)cccc1N1CCN(C)CC1.CC(=O)c1c(N2CCN(C)CC2)cccc1[N+](=O)[O-]. The van der Waals surface area contributed by atoms with Gasteiger partial charge in [-0.15, -0.1) is 0 Å². The van der Waals surface area contributed by atoms with Gasteiger partial charge < -0.3 is 25.3 Å². The number of nitrogens with two attached hydrogens (primary N) is 1. The van der Waals surface area contributed by atoms with Gasteiger partial charge in [0, 0.05) is 75.9 Å². The average Bonchev–Trinajstić information content (AvgIpc) is 3.05. The summed E-state index contributed by atoms with van der Waals surface area (Å²) in [6, 6.07) is 14.6. The van der Waals surface area contributed by atoms with E-state index in [1.54, 1.807) is 25.1 Å². The first kappa shape index (κ1) is 38.5. The molecule has 0 amide bonds. The van der Waals surface area contributed by atoms with E-state index in [9.17, 15) is 34.6 Å². The zero-order valence-corrected chi connectivity index (χ0v) is 29.1. The van der Waals surface area contributed by atoms with Crippen LogP contribution in [0, 0.1) is 20.2 Å². The summed E-state index contributed by atoms with van der Waals surface area (Å²) in [5.74, 6) is -0.629. The summed E-state index contributed by atoms with van der Waals surface area (Å²) < 4.78 is 0. The highest BCUT2D eigenvalue weighted by atomic mass is 35.5. The van der Waals surface area contributed by atoms with E-state index in [4.69, 9.17) is 17.3 Å². The van der Waals surface area contributed by atoms with Gasteiger partial charge in [-0.1, -0.05) is 29.8 Å². The molecule has 2 saturated heterocycles. The van der Waals surface area contributed by atoms with Crippen LogP contribution in [0.5, 0.6) is 0 Å². The number of halogens is 1. The number of hydrogen-bond donors (Lipinski definition) is 1. The fraction of sp³-hybridized carbons (Fsp3) is 0.382. The van der Waals surface area contributed by atoms with Gasteiger partial charge in [0.2, 0.25) is 0 Å². The summed E-state index contributed by atoms with van der Waals surface area (Å²) in [6.07, 6.45) is 0. The molecule has 2 aliphatic rings. The third-order valence-corrected chi connectivity index (χ3v) is 8.54. The number of nitrogen functional groups attached to an aromatic ring is 1. The van der Waals surface area contributed by atoms with Gasteiger partial charge in [0.15, 0.2) is 17.3 Å². The Morgan fingerprint density at radius 1 is 0.612 bits per heavy atom. The van der Waals surface area contributed by atoms with Crippen molar-refractivity contribution in [2.75, 3.05) is 82.0 Å². The number of nitro groups is 2. The number of rotatable bonds is 7. The van der Waals surface area contributed by atoms with Crippen LogP contribution in [-0.4, -0.2) is 103 Å². The number of nitro benzene ring substituents is 2. The van der Waals surface area contributed by atoms with Crippen molar-refractivity contribution in [1.82, 2.24) is 9.80 Å². The summed E-state index contributed by atoms with van der Waals surface area (Å²) in [6.45, 7) is 11.5. The molecule has 0 spiro atoms. The van der Waals surface area contributed by atoms with Crippen LogP contribution in [-0.2, 0) is 0 Å². The van der Waals surface area contributed by atoms with Gasteiger partial charge in [0.25, 0.3) is 11.4 Å². The van der Waals surface area contributed by atoms with Gasteiger partial charge in [-0.3, -0.25) is 34.6 Å². The molecule has 0 unspecified atom stereocenters. The van der Waals surface area contributed by atoms with Gasteiger partial charge in [0.05, 0.1) is 26.1 Å². The molecular weight excluding hydrogens is 654 g/mol. The maximum atomic E-state index is 11.8. The molecule has 2 fully saturated rings. The Kier molecular flexibility index (Phi) is 13.7. The van der Waals surface area contributed by atoms with Gasteiger partial charge in [-0.25, -0.2) is 0 Å². The maximum Gasteiger partial charge on any atom is 0.282 e. The number of carbonyl (C=O) groups is 3. The van der Waals surface area contributed by atoms with Crippen LogP contribution in [0.1, 0.15) is 51.8 Å². The minimum Gasteiger partial charge on any atom is -0.398 e. The molecule has 14 nitrogen and oxygen atoms in total. The predicted molar refractivity (Wildman–Crippen MR) is 191 cm³/mol. The zero-order valence-electron chi connectivity index (χ0n) is 28.3. The van der Waals surface area contributed by atoms with Crippen LogP contribution in [0.25, 0.3) is 0 Å². The third kappa shape index (κ3) is 10.0. The Labute approximate surface area is 290 Å². The smallest absolute Gasteiger partial charge is 0.282 e. The molecule has 0 saturated carbocycles. The molecule has 2 heterocycles. The Morgan fingerprint density at radius 2 is 0.980 bits per heavy atom. The van der Waals surface area contributed by atoms with Crippen molar-refractivity contribution in [1.29, 1.82) is 0 Å². The van der Waals surface area contributed by atoms with Crippen molar-refractivity contribution in [3.63, 3.8) is 0 Å². The molecule has 0 aliphatic carbocycles. The molecule has 3 aromatic rings. The molecule has 49 heavy (non-hydrogen) atoms. The average molecular weight is 696 g/mol. The van der Waals surface area contributed by atoms with E-state index in [1.807, 2.05) is 24.1 Å². The lowest BCUT2D eigenvalue weighted by Gasteiger charge is -2.35. The number of piperazine rings is 2. The molecule has 0 atom stereocenters. The number of anilines is 3. The summed E-state index contributed by atoms with van der Waals surface area (Å²) in [7, 11) is 4.15. The van der Waals surface area contributed by atoms with E-state index in [2.05, 4.69) is 21.7 Å². The van der Waals surface area contributed by atoms with Crippen LogP contribution in [0.2, 0.25) is 5.02 Å².